The number of rotatable bonds is 8. The van der Waals surface area contributed by atoms with Gasteiger partial charge in [0.05, 0.1) is 11.1 Å². The van der Waals surface area contributed by atoms with Crippen molar-refractivity contribution in [3.8, 4) is 22.3 Å². The molecule has 0 spiro atoms. The van der Waals surface area contributed by atoms with Crippen LogP contribution in [0.1, 0.15) is 0 Å². The van der Waals surface area contributed by atoms with Gasteiger partial charge < -0.3 is 14.2 Å². The lowest BCUT2D eigenvalue weighted by Gasteiger charge is -2.27. The molecular weight excluding hydrogens is 621 g/mol. The van der Waals surface area contributed by atoms with Crippen LogP contribution >= 0.6 is 0 Å². The van der Waals surface area contributed by atoms with Crippen LogP contribution in [0.15, 0.2) is 211 Å². The fourth-order valence-corrected chi connectivity index (χ4v) is 7.02. The van der Waals surface area contributed by atoms with Crippen LogP contribution in [0, 0.1) is 0 Å². The molecule has 1 aromatic heterocycles. The number of anilines is 6. The molecule has 0 aliphatic heterocycles. The van der Waals surface area contributed by atoms with E-state index in [1.807, 2.05) is 0 Å². The lowest BCUT2D eigenvalue weighted by atomic mass is 10.0. The van der Waals surface area contributed by atoms with Gasteiger partial charge in [-0.15, -0.1) is 0 Å². The van der Waals surface area contributed by atoms with Crippen LogP contribution in [-0.2, 0) is 0 Å². The maximum absolute atomic E-state index is 6.55. The van der Waals surface area contributed by atoms with Gasteiger partial charge in [0.2, 0.25) is 0 Å². The molecule has 242 valence electrons. The Morgan fingerprint density at radius 3 is 1.24 bits per heavy atom. The summed E-state index contributed by atoms with van der Waals surface area (Å²) in [5.41, 5.74) is 12.9. The average Bonchev–Trinajstić information content (AvgIpc) is 3.59. The van der Waals surface area contributed by atoms with Gasteiger partial charge >= 0.3 is 0 Å². The van der Waals surface area contributed by atoms with Crippen LogP contribution < -0.4 is 9.80 Å². The normalized spacial score (nSPS) is 11.1. The number of para-hydroxylation sites is 2. The van der Waals surface area contributed by atoms with Gasteiger partial charge in [0.15, 0.2) is 0 Å². The van der Waals surface area contributed by atoms with Crippen molar-refractivity contribution in [2.24, 2.45) is 0 Å². The van der Waals surface area contributed by atoms with E-state index in [-0.39, 0.29) is 0 Å². The highest BCUT2D eigenvalue weighted by Gasteiger charge is 2.21. The van der Waals surface area contributed by atoms with Crippen molar-refractivity contribution in [3.05, 3.63) is 206 Å². The van der Waals surface area contributed by atoms with E-state index in [0.29, 0.717) is 0 Å². The van der Waals surface area contributed by atoms with Gasteiger partial charge in [0.25, 0.3) is 0 Å². The summed E-state index contributed by atoms with van der Waals surface area (Å²) in [6.07, 6.45) is 0. The summed E-state index contributed by atoms with van der Waals surface area (Å²) in [5, 5.41) is 2.13. The third kappa shape index (κ3) is 5.81. The molecule has 9 aromatic rings. The molecule has 8 aromatic carbocycles. The van der Waals surface area contributed by atoms with E-state index in [9.17, 15) is 0 Å². The van der Waals surface area contributed by atoms with Gasteiger partial charge in [0, 0.05) is 33.8 Å². The topological polar surface area (TPSA) is 19.6 Å². The smallest absolute Gasteiger partial charge is 0.137 e. The second kappa shape index (κ2) is 13.2. The van der Waals surface area contributed by atoms with E-state index < -0.39 is 0 Å². The van der Waals surface area contributed by atoms with E-state index in [2.05, 4.69) is 216 Å². The van der Waals surface area contributed by atoms with Crippen molar-refractivity contribution in [3.63, 3.8) is 0 Å². The maximum atomic E-state index is 6.55. The molecule has 0 N–H and O–H groups in total. The summed E-state index contributed by atoms with van der Waals surface area (Å²) in [7, 11) is 0. The Labute approximate surface area is 297 Å². The maximum Gasteiger partial charge on any atom is 0.137 e. The Bertz CT molecular complexity index is 2420. The van der Waals surface area contributed by atoms with Crippen LogP contribution in [0.3, 0.4) is 0 Å². The third-order valence-electron chi connectivity index (χ3n) is 9.45. The fourth-order valence-electron chi connectivity index (χ4n) is 7.02. The molecule has 1 heterocycles. The molecule has 0 unspecified atom stereocenters. The summed E-state index contributed by atoms with van der Waals surface area (Å²) in [4.78, 5) is 4.64. The second-order valence-electron chi connectivity index (χ2n) is 12.6. The number of fused-ring (bicyclic) bond motifs is 3. The standard InChI is InChI=1S/C48H34N2O/c1-5-14-35(15-6-1)37-24-28-41(29-25-37)49(42-30-26-38(27-31-42)36-16-7-2-8-17-36)43-32-33-46-44(34-43)48-45(22-13-23-47(48)51-46)50(39-18-9-3-10-19-39)40-20-11-4-12-21-40/h1-34H. The highest BCUT2D eigenvalue weighted by Crippen LogP contribution is 2.45. The van der Waals surface area contributed by atoms with Gasteiger partial charge in [-0.3, -0.25) is 0 Å². The molecule has 3 heteroatoms. The van der Waals surface area contributed by atoms with E-state index in [0.717, 1.165) is 56.1 Å². The highest BCUT2D eigenvalue weighted by molar-refractivity contribution is 6.14. The van der Waals surface area contributed by atoms with Crippen molar-refractivity contribution in [1.29, 1.82) is 0 Å². The Kier molecular flexibility index (Phi) is 7.84. The molecule has 0 aliphatic rings. The monoisotopic (exact) mass is 654 g/mol. The van der Waals surface area contributed by atoms with E-state index in [4.69, 9.17) is 4.42 Å². The predicted molar refractivity (Wildman–Crippen MR) is 214 cm³/mol. The number of nitrogens with zero attached hydrogens (tertiary/aromatic N) is 2. The zero-order chi connectivity index (χ0) is 34.0. The molecule has 0 saturated carbocycles. The Morgan fingerprint density at radius 1 is 0.294 bits per heavy atom. The van der Waals surface area contributed by atoms with E-state index >= 15 is 0 Å². The van der Waals surface area contributed by atoms with Crippen molar-refractivity contribution in [1.82, 2.24) is 0 Å². The molecule has 0 radical (unpaired) electrons. The predicted octanol–water partition coefficient (Wildman–Crippen LogP) is 13.9. The summed E-state index contributed by atoms with van der Waals surface area (Å²) in [6, 6.07) is 72.6. The first-order valence-electron chi connectivity index (χ1n) is 17.3. The molecule has 51 heavy (non-hydrogen) atoms. The molecule has 3 nitrogen and oxygen atoms in total. The molecule has 0 amide bonds. The summed E-state index contributed by atoms with van der Waals surface area (Å²) >= 11 is 0. The third-order valence-corrected chi connectivity index (χ3v) is 9.45. The second-order valence-corrected chi connectivity index (χ2v) is 12.6. The number of hydrogen-bond acceptors (Lipinski definition) is 3. The first kappa shape index (κ1) is 30.2. The molecular formula is C48H34N2O. The van der Waals surface area contributed by atoms with E-state index in [1.54, 1.807) is 0 Å². The Morgan fingerprint density at radius 2 is 0.725 bits per heavy atom. The highest BCUT2D eigenvalue weighted by atomic mass is 16.3. The average molecular weight is 655 g/mol. The number of furan rings is 1. The van der Waals surface area contributed by atoms with Gasteiger partial charge in [-0.2, -0.15) is 0 Å². The minimum Gasteiger partial charge on any atom is -0.456 e. The minimum atomic E-state index is 0.848. The van der Waals surface area contributed by atoms with Crippen molar-refractivity contribution in [2.75, 3.05) is 9.80 Å². The van der Waals surface area contributed by atoms with Gasteiger partial charge in [-0.1, -0.05) is 127 Å². The van der Waals surface area contributed by atoms with Crippen LogP contribution in [0.2, 0.25) is 0 Å². The number of hydrogen-bond donors (Lipinski definition) is 0. The van der Waals surface area contributed by atoms with Crippen LogP contribution in [0.5, 0.6) is 0 Å². The fraction of sp³-hybridized carbons (Fsp3) is 0. The first-order chi connectivity index (χ1) is 25.3. The van der Waals surface area contributed by atoms with Gasteiger partial charge in [0.1, 0.15) is 11.2 Å². The molecule has 0 bridgehead atoms. The summed E-state index contributed by atoms with van der Waals surface area (Å²) < 4.78 is 6.55. The summed E-state index contributed by atoms with van der Waals surface area (Å²) in [6.45, 7) is 0. The van der Waals surface area contributed by atoms with Crippen LogP contribution in [0.4, 0.5) is 34.1 Å². The quantitative estimate of drug-likeness (QED) is 0.163. The Hall–Kier alpha value is -6.84. The van der Waals surface area contributed by atoms with Crippen LogP contribution in [-0.4, -0.2) is 0 Å². The first-order valence-corrected chi connectivity index (χ1v) is 17.3. The van der Waals surface area contributed by atoms with Crippen molar-refractivity contribution < 1.29 is 4.42 Å². The molecule has 0 fully saturated rings. The SMILES string of the molecule is c1ccc(-c2ccc(N(c3ccc(-c4ccccc4)cc3)c3ccc4oc5cccc(N(c6ccccc6)c6ccccc6)c5c4c3)cc2)cc1. The Balaban J connectivity index is 1.21. The molecule has 0 saturated heterocycles. The molecule has 0 aliphatic carbocycles. The zero-order valence-corrected chi connectivity index (χ0v) is 27.9. The molecule has 0 atom stereocenters. The minimum absolute atomic E-state index is 0.848. The van der Waals surface area contributed by atoms with Crippen molar-refractivity contribution >= 4 is 56.1 Å². The number of benzene rings is 8. The zero-order valence-electron chi connectivity index (χ0n) is 27.9. The van der Waals surface area contributed by atoms with Gasteiger partial charge in [-0.25, -0.2) is 0 Å². The van der Waals surface area contributed by atoms with E-state index in [1.165, 1.54) is 22.3 Å². The largest absolute Gasteiger partial charge is 0.456 e. The molecule has 9 rings (SSSR count). The van der Waals surface area contributed by atoms with Gasteiger partial charge in [-0.05, 0) is 101 Å². The lowest BCUT2D eigenvalue weighted by molar-refractivity contribution is 0.669. The van der Waals surface area contributed by atoms with Crippen LogP contribution in [0.25, 0.3) is 44.2 Å². The van der Waals surface area contributed by atoms with Crippen molar-refractivity contribution in [2.45, 2.75) is 0 Å². The summed E-state index contributed by atoms with van der Waals surface area (Å²) in [5.74, 6) is 0. The lowest BCUT2D eigenvalue weighted by Crippen LogP contribution is -2.10.